The maximum atomic E-state index is 13.1. The summed E-state index contributed by atoms with van der Waals surface area (Å²) in [5.74, 6) is -0.167. The fraction of sp³-hybridized carbons (Fsp3) is 0.294. The van der Waals surface area contributed by atoms with E-state index in [1.807, 2.05) is 26.1 Å². The molecule has 0 aliphatic rings. The number of hydrogen-bond donors (Lipinski definition) is 1. The van der Waals surface area contributed by atoms with E-state index < -0.39 is 0 Å². The van der Waals surface area contributed by atoms with E-state index in [-0.39, 0.29) is 5.82 Å². The zero-order valence-corrected chi connectivity index (χ0v) is 13.4. The molecule has 0 aliphatic carbocycles. The molecular formula is C17H19BrFN. The summed E-state index contributed by atoms with van der Waals surface area (Å²) in [6.45, 7) is 1.96. The molecule has 2 rings (SSSR count). The van der Waals surface area contributed by atoms with Crippen LogP contribution in [-0.2, 0) is 12.8 Å². The predicted octanol–water partition coefficient (Wildman–Crippen LogP) is 4.27. The Morgan fingerprint density at radius 1 is 1.15 bits per heavy atom. The smallest absolute Gasteiger partial charge is 0.123 e. The van der Waals surface area contributed by atoms with Crippen molar-refractivity contribution in [2.75, 3.05) is 7.05 Å². The van der Waals surface area contributed by atoms with Crippen LogP contribution < -0.4 is 5.32 Å². The van der Waals surface area contributed by atoms with Gasteiger partial charge in [-0.1, -0.05) is 34.1 Å². The number of hydrogen-bond acceptors (Lipinski definition) is 1. The molecule has 0 saturated carbocycles. The molecule has 1 unspecified atom stereocenters. The lowest BCUT2D eigenvalue weighted by Crippen LogP contribution is -2.30. The van der Waals surface area contributed by atoms with Crippen LogP contribution in [0.25, 0.3) is 0 Å². The SMILES string of the molecule is CNC(Cc1cccc(Br)c1)Cc1ccc(F)cc1C. The third kappa shape index (κ3) is 4.15. The van der Waals surface area contributed by atoms with E-state index in [1.165, 1.54) is 17.2 Å². The van der Waals surface area contributed by atoms with Crippen LogP contribution in [0.1, 0.15) is 16.7 Å². The second-order valence-electron chi connectivity index (χ2n) is 5.09. The van der Waals surface area contributed by atoms with Gasteiger partial charge in [-0.25, -0.2) is 4.39 Å². The van der Waals surface area contributed by atoms with Gasteiger partial charge in [0.15, 0.2) is 0 Å². The molecule has 0 saturated heterocycles. The monoisotopic (exact) mass is 335 g/mol. The van der Waals surface area contributed by atoms with Crippen molar-refractivity contribution in [3.8, 4) is 0 Å². The molecule has 0 fully saturated rings. The summed E-state index contributed by atoms with van der Waals surface area (Å²) in [5.41, 5.74) is 3.50. The Hall–Kier alpha value is -1.19. The van der Waals surface area contributed by atoms with Gasteiger partial charge < -0.3 is 5.32 Å². The van der Waals surface area contributed by atoms with E-state index in [0.717, 1.165) is 22.9 Å². The highest BCUT2D eigenvalue weighted by molar-refractivity contribution is 9.10. The van der Waals surface area contributed by atoms with Crippen molar-refractivity contribution in [2.45, 2.75) is 25.8 Å². The summed E-state index contributed by atoms with van der Waals surface area (Å²) >= 11 is 3.50. The standard InChI is InChI=1S/C17H19BrFN/c1-12-8-16(19)7-6-14(12)11-17(20-2)10-13-4-3-5-15(18)9-13/h3-9,17,20H,10-11H2,1-2H3. The average molecular weight is 336 g/mol. The largest absolute Gasteiger partial charge is 0.316 e. The molecule has 1 nitrogen and oxygen atoms in total. The average Bonchev–Trinajstić information content (AvgIpc) is 2.41. The third-order valence-electron chi connectivity index (χ3n) is 3.55. The molecule has 0 radical (unpaired) electrons. The van der Waals surface area contributed by atoms with Crippen molar-refractivity contribution >= 4 is 15.9 Å². The molecule has 1 N–H and O–H groups in total. The van der Waals surface area contributed by atoms with Gasteiger partial charge in [-0.15, -0.1) is 0 Å². The minimum atomic E-state index is -0.167. The van der Waals surface area contributed by atoms with Crippen molar-refractivity contribution in [1.82, 2.24) is 5.32 Å². The van der Waals surface area contributed by atoms with Crippen LogP contribution in [0.15, 0.2) is 46.9 Å². The zero-order valence-electron chi connectivity index (χ0n) is 11.8. The number of halogens is 2. The molecule has 0 amide bonds. The summed E-state index contributed by atoms with van der Waals surface area (Å²) in [6, 6.07) is 13.7. The second kappa shape index (κ2) is 7.00. The first kappa shape index (κ1) is 15.2. The highest BCUT2D eigenvalue weighted by atomic mass is 79.9. The number of likely N-dealkylation sites (N-methyl/N-ethyl adjacent to an activating group) is 1. The van der Waals surface area contributed by atoms with E-state index in [4.69, 9.17) is 0 Å². The molecular weight excluding hydrogens is 317 g/mol. The Bertz CT molecular complexity index is 583. The van der Waals surface area contributed by atoms with Crippen molar-refractivity contribution in [2.24, 2.45) is 0 Å². The molecule has 1 atom stereocenters. The van der Waals surface area contributed by atoms with Crippen molar-refractivity contribution in [3.63, 3.8) is 0 Å². The summed E-state index contributed by atoms with van der Waals surface area (Å²) in [5, 5.41) is 3.35. The van der Waals surface area contributed by atoms with Gasteiger partial charge in [-0.2, -0.15) is 0 Å². The third-order valence-corrected chi connectivity index (χ3v) is 4.04. The molecule has 0 aliphatic heterocycles. The first-order valence-corrected chi connectivity index (χ1v) is 7.54. The molecule has 0 heterocycles. The van der Waals surface area contributed by atoms with Gasteiger partial charge in [0.2, 0.25) is 0 Å². The topological polar surface area (TPSA) is 12.0 Å². The summed E-state index contributed by atoms with van der Waals surface area (Å²) in [7, 11) is 1.97. The molecule has 2 aromatic rings. The molecule has 20 heavy (non-hydrogen) atoms. The first-order chi connectivity index (χ1) is 9.58. The van der Waals surface area contributed by atoms with Crippen LogP contribution in [0, 0.1) is 12.7 Å². The predicted molar refractivity (Wildman–Crippen MR) is 85.5 cm³/mol. The number of nitrogens with one attached hydrogen (secondary N) is 1. The molecule has 0 spiro atoms. The Balaban J connectivity index is 2.09. The summed E-state index contributed by atoms with van der Waals surface area (Å²) < 4.78 is 14.2. The maximum Gasteiger partial charge on any atom is 0.123 e. The van der Waals surface area contributed by atoms with Gasteiger partial charge in [-0.05, 0) is 67.8 Å². The number of aryl methyl sites for hydroxylation is 1. The highest BCUT2D eigenvalue weighted by Crippen LogP contribution is 2.17. The van der Waals surface area contributed by atoms with Gasteiger partial charge in [0.1, 0.15) is 5.82 Å². The number of benzene rings is 2. The Morgan fingerprint density at radius 2 is 1.95 bits per heavy atom. The van der Waals surface area contributed by atoms with Gasteiger partial charge in [0.25, 0.3) is 0 Å². The van der Waals surface area contributed by atoms with Crippen LogP contribution >= 0.6 is 15.9 Å². The Morgan fingerprint density at radius 3 is 2.60 bits per heavy atom. The Labute approximate surface area is 128 Å². The fourth-order valence-corrected chi connectivity index (χ4v) is 2.83. The molecule has 0 bridgehead atoms. The van der Waals surface area contributed by atoms with Crippen LogP contribution in [0.2, 0.25) is 0 Å². The van der Waals surface area contributed by atoms with Gasteiger partial charge in [0.05, 0.1) is 0 Å². The molecule has 106 valence electrons. The van der Waals surface area contributed by atoms with Crippen molar-refractivity contribution in [1.29, 1.82) is 0 Å². The lowest BCUT2D eigenvalue weighted by atomic mass is 9.96. The van der Waals surface area contributed by atoms with E-state index in [9.17, 15) is 4.39 Å². The van der Waals surface area contributed by atoms with E-state index in [2.05, 4.69) is 39.4 Å². The minimum Gasteiger partial charge on any atom is -0.316 e. The van der Waals surface area contributed by atoms with Gasteiger partial charge >= 0.3 is 0 Å². The highest BCUT2D eigenvalue weighted by Gasteiger charge is 2.10. The van der Waals surface area contributed by atoms with Crippen LogP contribution in [0.4, 0.5) is 4.39 Å². The number of rotatable bonds is 5. The quantitative estimate of drug-likeness (QED) is 0.860. The van der Waals surface area contributed by atoms with Crippen LogP contribution in [0.3, 0.4) is 0 Å². The lowest BCUT2D eigenvalue weighted by Gasteiger charge is -2.18. The van der Waals surface area contributed by atoms with Gasteiger partial charge in [0, 0.05) is 10.5 Å². The first-order valence-electron chi connectivity index (χ1n) is 6.75. The van der Waals surface area contributed by atoms with Crippen LogP contribution in [0.5, 0.6) is 0 Å². The lowest BCUT2D eigenvalue weighted by molar-refractivity contribution is 0.553. The normalized spacial score (nSPS) is 12.4. The Kier molecular flexibility index (Phi) is 5.32. The van der Waals surface area contributed by atoms with E-state index in [1.54, 1.807) is 6.07 Å². The molecule has 0 aromatic heterocycles. The fourth-order valence-electron chi connectivity index (χ4n) is 2.38. The molecule has 2 aromatic carbocycles. The van der Waals surface area contributed by atoms with E-state index in [0.29, 0.717) is 6.04 Å². The van der Waals surface area contributed by atoms with E-state index >= 15 is 0 Å². The maximum absolute atomic E-state index is 13.1. The van der Waals surface area contributed by atoms with Crippen molar-refractivity contribution in [3.05, 3.63) is 69.4 Å². The van der Waals surface area contributed by atoms with Crippen LogP contribution in [-0.4, -0.2) is 13.1 Å². The van der Waals surface area contributed by atoms with Gasteiger partial charge in [-0.3, -0.25) is 0 Å². The van der Waals surface area contributed by atoms with Crippen molar-refractivity contribution < 1.29 is 4.39 Å². The summed E-state index contributed by atoms with van der Waals surface area (Å²) in [4.78, 5) is 0. The molecule has 3 heteroatoms. The minimum absolute atomic E-state index is 0.167. The summed E-state index contributed by atoms with van der Waals surface area (Å²) in [6.07, 6.45) is 1.85. The zero-order chi connectivity index (χ0) is 14.5. The second-order valence-corrected chi connectivity index (χ2v) is 6.01.